The second kappa shape index (κ2) is 7.61. The molecule has 2 aromatic rings. The average Bonchev–Trinajstić information content (AvgIpc) is 2.49. The van der Waals surface area contributed by atoms with E-state index in [4.69, 9.17) is 4.74 Å². The number of anilines is 1. The van der Waals surface area contributed by atoms with E-state index < -0.39 is 11.5 Å². The van der Waals surface area contributed by atoms with E-state index in [2.05, 4.69) is 5.32 Å². The van der Waals surface area contributed by atoms with Crippen LogP contribution in [0.1, 0.15) is 19.4 Å². The molecule has 0 bridgehead atoms. The number of esters is 1. The van der Waals surface area contributed by atoms with Gasteiger partial charge in [0.25, 0.3) is 0 Å². The first-order valence-electron chi connectivity index (χ1n) is 6.62. The number of aldehydes is 1. The van der Waals surface area contributed by atoms with Crippen molar-refractivity contribution in [2.45, 2.75) is 19.4 Å². The summed E-state index contributed by atoms with van der Waals surface area (Å²) in [7, 11) is 0. The molecule has 0 saturated heterocycles. The molecule has 22 heavy (non-hydrogen) atoms. The lowest BCUT2D eigenvalue weighted by Gasteiger charge is -2.27. The summed E-state index contributed by atoms with van der Waals surface area (Å²) in [5.74, 6) is -0.00854. The van der Waals surface area contributed by atoms with Crippen molar-refractivity contribution >= 4 is 30.3 Å². The van der Waals surface area contributed by atoms with Crippen LogP contribution in [0.15, 0.2) is 54.6 Å². The SMILES string of the molecule is CC(=O)Oc1ccccc1N[C@](C)(C=O)c1ccccc1.Cl. The minimum Gasteiger partial charge on any atom is -0.425 e. The fourth-order valence-electron chi connectivity index (χ4n) is 2.05. The van der Waals surface area contributed by atoms with Gasteiger partial charge in [0.2, 0.25) is 0 Å². The van der Waals surface area contributed by atoms with Gasteiger partial charge in [-0.25, -0.2) is 0 Å². The molecule has 0 aromatic heterocycles. The molecule has 0 aliphatic carbocycles. The van der Waals surface area contributed by atoms with Crippen LogP contribution in [-0.2, 0) is 15.1 Å². The monoisotopic (exact) mass is 319 g/mol. The number of hydrogen-bond donors (Lipinski definition) is 1. The van der Waals surface area contributed by atoms with Gasteiger partial charge in [-0.3, -0.25) is 4.79 Å². The van der Waals surface area contributed by atoms with Crippen molar-refractivity contribution in [3.05, 3.63) is 60.2 Å². The summed E-state index contributed by atoms with van der Waals surface area (Å²) in [6, 6.07) is 16.4. The second-order valence-electron chi connectivity index (χ2n) is 4.90. The Bertz CT molecular complexity index is 645. The average molecular weight is 320 g/mol. The van der Waals surface area contributed by atoms with Gasteiger partial charge in [0, 0.05) is 6.92 Å². The van der Waals surface area contributed by atoms with E-state index >= 15 is 0 Å². The van der Waals surface area contributed by atoms with E-state index in [1.54, 1.807) is 25.1 Å². The van der Waals surface area contributed by atoms with Crippen molar-refractivity contribution in [1.29, 1.82) is 0 Å². The highest BCUT2D eigenvalue weighted by atomic mass is 35.5. The van der Waals surface area contributed by atoms with Crippen molar-refractivity contribution in [3.63, 3.8) is 0 Å². The summed E-state index contributed by atoms with van der Waals surface area (Å²) < 4.78 is 5.15. The summed E-state index contributed by atoms with van der Waals surface area (Å²) in [5.41, 5.74) is 0.515. The molecule has 0 amide bonds. The highest BCUT2D eigenvalue weighted by molar-refractivity contribution is 5.85. The third-order valence-corrected chi connectivity index (χ3v) is 3.14. The molecular weight excluding hydrogens is 302 g/mol. The predicted octanol–water partition coefficient (Wildman–Crippen LogP) is 3.56. The molecule has 2 rings (SSSR count). The van der Waals surface area contributed by atoms with Gasteiger partial charge in [0.15, 0.2) is 5.75 Å². The second-order valence-corrected chi connectivity index (χ2v) is 4.90. The lowest BCUT2D eigenvalue weighted by molar-refractivity contribution is -0.131. The van der Waals surface area contributed by atoms with Gasteiger partial charge in [-0.1, -0.05) is 42.5 Å². The molecule has 0 radical (unpaired) electrons. The van der Waals surface area contributed by atoms with Gasteiger partial charge in [-0.2, -0.15) is 0 Å². The topological polar surface area (TPSA) is 55.4 Å². The fourth-order valence-corrected chi connectivity index (χ4v) is 2.05. The number of nitrogens with one attached hydrogen (secondary N) is 1. The van der Waals surface area contributed by atoms with E-state index in [0.717, 1.165) is 11.8 Å². The molecule has 4 nitrogen and oxygen atoms in total. The zero-order valence-corrected chi connectivity index (χ0v) is 13.2. The van der Waals surface area contributed by atoms with E-state index in [-0.39, 0.29) is 12.4 Å². The number of halogens is 1. The van der Waals surface area contributed by atoms with Crippen LogP contribution < -0.4 is 10.1 Å². The Kier molecular flexibility index (Phi) is 6.13. The minimum absolute atomic E-state index is 0. The summed E-state index contributed by atoms with van der Waals surface area (Å²) in [6.45, 7) is 3.12. The van der Waals surface area contributed by atoms with Crippen LogP contribution in [0, 0.1) is 0 Å². The molecule has 0 fully saturated rings. The van der Waals surface area contributed by atoms with E-state index in [9.17, 15) is 9.59 Å². The smallest absolute Gasteiger partial charge is 0.308 e. The van der Waals surface area contributed by atoms with Gasteiger partial charge in [-0.15, -0.1) is 12.4 Å². The van der Waals surface area contributed by atoms with Crippen molar-refractivity contribution in [3.8, 4) is 5.75 Å². The fraction of sp³-hybridized carbons (Fsp3) is 0.176. The molecule has 0 heterocycles. The molecule has 2 aromatic carbocycles. The number of hydrogen-bond acceptors (Lipinski definition) is 4. The Hall–Kier alpha value is -2.33. The molecule has 0 aliphatic rings. The number of ether oxygens (including phenoxy) is 1. The number of para-hydroxylation sites is 2. The van der Waals surface area contributed by atoms with E-state index in [1.165, 1.54) is 6.92 Å². The van der Waals surface area contributed by atoms with Crippen LogP contribution in [0.5, 0.6) is 5.75 Å². The Labute approximate surface area is 135 Å². The maximum Gasteiger partial charge on any atom is 0.308 e. The molecular formula is C17H18ClNO3. The van der Waals surface area contributed by atoms with E-state index in [0.29, 0.717) is 11.4 Å². The molecule has 1 N–H and O–H groups in total. The standard InChI is InChI=1S/C17H17NO3.ClH/c1-13(20)21-16-11-7-6-10-15(16)18-17(2,12-19)14-8-4-3-5-9-14;/h3-12,18H,1-2H3;1H/t17-;/m1./s1. The van der Waals surface area contributed by atoms with Crippen molar-refractivity contribution in [1.82, 2.24) is 0 Å². The number of carbonyl (C=O) groups is 2. The molecule has 116 valence electrons. The predicted molar refractivity (Wildman–Crippen MR) is 88.5 cm³/mol. The van der Waals surface area contributed by atoms with Crippen LogP contribution in [0.2, 0.25) is 0 Å². The Balaban J connectivity index is 0.00000242. The largest absolute Gasteiger partial charge is 0.425 e. The summed E-state index contributed by atoms with van der Waals surface area (Å²) in [6.07, 6.45) is 0.840. The van der Waals surface area contributed by atoms with Crippen molar-refractivity contribution < 1.29 is 14.3 Å². The normalized spacial score (nSPS) is 12.5. The zero-order valence-electron chi connectivity index (χ0n) is 12.4. The zero-order chi connectivity index (χ0) is 15.3. The molecule has 1 atom stereocenters. The summed E-state index contributed by atoms with van der Waals surface area (Å²) in [5, 5.41) is 3.15. The van der Waals surface area contributed by atoms with Gasteiger partial charge in [-0.05, 0) is 24.6 Å². The molecule has 0 aliphatic heterocycles. The summed E-state index contributed by atoms with van der Waals surface area (Å²) >= 11 is 0. The summed E-state index contributed by atoms with van der Waals surface area (Å²) in [4.78, 5) is 22.7. The van der Waals surface area contributed by atoms with Crippen molar-refractivity contribution in [2.75, 3.05) is 5.32 Å². The maximum atomic E-state index is 11.6. The van der Waals surface area contributed by atoms with Crippen LogP contribution >= 0.6 is 12.4 Å². The van der Waals surface area contributed by atoms with Crippen molar-refractivity contribution in [2.24, 2.45) is 0 Å². The third-order valence-electron chi connectivity index (χ3n) is 3.14. The van der Waals surface area contributed by atoms with Crippen LogP contribution in [0.25, 0.3) is 0 Å². The van der Waals surface area contributed by atoms with Gasteiger partial charge >= 0.3 is 5.97 Å². The first-order valence-corrected chi connectivity index (χ1v) is 6.62. The number of benzene rings is 2. The maximum absolute atomic E-state index is 11.6. The van der Waals surface area contributed by atoms with Gasteiger partial charge in [0.1, 0.15) is 11.8 Å². The first kappa shape index (κ1) is 17.7. The number of carbonyl (C=O) groups excluding carboxylic acids is 2. The molecule has 0 unspecified atom stereocenters. The van der Waals surface area contributed by atoms with Crippen LogP contribution in [0.4, 0.5) is 5.69 Å². The first-order chi connectivity index (χ1) is 10.0. The van der Waals surface area contributed by atoms with Gasteiger partial charge in [0.05, 0.1) is 5.69 Å². The lowest BCUT2D eigenvalue weighted by Crippen LogP contribution is -2.33. The Morgan fingerprint density at radius 3 is 2.27 bits per heavy atom. The van der Waals surface area contributed by atoms with E-state index in [1.807, 2.05) is 36.4 Å². The number of rotatable bonds is 5. The third kappa shape index (κ3) is 4.09. The van der Waals surface area contributed by atoms with Crippen LogP contribution in [0.3, 0.4) is 0 Å². The Morgan fingerprint density at radius 1 is 1.09 bits per heavy atom. The minimum atomic E-state index is -0.905. The van der Waals surface area contributed by atoms with Gasteiger partial charge < -0.3 is 14.8 Å². The highest BCUT2D eigenvalue weighted by Gasteiger charge is 2.26. The highest BCUT2D eigenvalue weighted by Crippen LogP contribution is 2.30. The molecule has 0 saturated carbocycles. The van der Waals surface area contributed by atoms with Crippen LogP contribution in [-0.4, -0.2) is 12.3 Å². The Morgan fingerprint density at radius 2 is 1.68 bits per heavy atom. The molecule has 0 spiro atoms. The quantitative estimate of drug-likeness (QED) is 0.520. The molecule has 5 heteroatoms. The lowest BCUT2D eigenvalue weighted by atomic mass is 9.93.